The second kappa shape index (κ2) is 9.95. The van der Waals surface area contributed by atoms with Gasteiger partial charge in [0.15, 0.2) is 17.2 Å². The summed E-state index contributed by atoms with van der Waals surface area (Å²) in [6.07, 6.45) is -1.26. The smallest absolute Gasteiger partial charge is 0.230 e. The summed E-state index contributed by atoms with van der Waals surface area (Å²) < 4.78 is 0. The predicted molar refractivity (Wildman–Crippen MR) is 151 cm³/mol. The summed E-state index contributed by atoms with van der Waals surface area (Å²) in [6.45, 7) is -0.0587. The Labute approximate surface area is 237 Å². The van der Waals surface area contributed by atoms with Crippen molar-refractivity contribution in [3.8, 4) is 16.9 Å². The Kier molecular flexibility index (Phi) is 6.98. The average molecular weight is 565 g/mol. The maximum atomic E-state index is 14.1. The van der Waals surface area contributed by atoms with Crippen LogP contribution in [0.2, 0.25) is 0 Å². The Balaban J connectivity index is 1.72. The molecule has 11 nitrogen and oxygen atoms in total. The standard InChI is InChI=1S/C30H36N4O7/c1-33(2)16-7-5-13(6-8-16)17-10-15(12-31)24(35)21-18(17)9-14-11-19-23(34(3)4)26(37)22(29(32)40)28(39)30(19,41)27(38)20(14)25(21)36/h5-8,10,14,19,22-23,26,35,37-38,41H,9,11-12,31H2,1-4H3,(H2,32,40)/t14-,19-,22?,23+,26?,30-/m0/s1. The van der Waals surface area contributed by atoms with Crippen LogP contribution in [0, 0.1) is 17.8 Å². The molecule has 2 unspecified atom stereocenters. The molecule has 2 aromatic rings. The van der Waals surface area contributed by atoms with Gasteiger partial charge >= 0.3 is 0 Å². The fraction of sp³-hybridized carbons (Fsp3) is 0.433. The molecular weight excluding hydrogens is 528 g/mol. The number of primary amides is 1. The number of carbonyl (C=O) groups is 3. The molecule has 0 bridgehead atoms. The molecule has 1 saturated carbocycles. The van der Waals surface area contributed by atoms with Crippen LogP contribution >= 0.6 is 0 Å². The van der Waals surface area contributed by atoms with Crippen molar-refractivity contribution in [3.05, 3.63) is 58.4 Å². The molecule has 6 atom stereocenters. The number of Topliss-reactive ketones (excluding diaryl/α,β-unsaturated/α-hetero) is 2. The lowest BCUT2D eigenvalue weighted by molar-refractivity contribution is -0.178. The first-order valence-corrected chi connectivity index (χ1v) is 13.5. The molecule has 41 heavy (non-hydrogen) atoms. The zero-order valence-electron chi connectivity index (χ0n) is 23.5. The lowest BCUT2D eigenvalue weighted by Gasteiger charge is -2.53. The lowest BCUT2D eigenvalue weighted by atomic mass is 9.55. The Bertz CT molecular complexity index is 1480. The summed E-state index contributed by atoms with van der Waals surface area (Å²) in [4.78, 5) is 43.4. The number of allylic oxidation sites excluding steroid dienone is 1. The third-order valence-corrected chi connectivity index (χ3v) is 9.09. The van der Waals surface area contributed by atoms with Gasteiger partial charge in [-0.25, -0.2) is 0 Å². The van der Waals surface area contributed by atoms with Crippen molar-refractivity contribution in [2.24, 2.45) is 29.2 Å². The first kappa shape index (κ1) is 28.7. The number of nitrogens with two attached hydrogens (primary N) is 2. The number of hydrogen-bond donors (Lipinski definition) is 6. The van der Waals surface area contributed by atoms with Gasteiger partial charge in [0.2, 0.25) is 5.91 Å². The summed E-state index contributed by atoms with van der Waals surface area (Å²) in [6, 6.07) is 8.53. The van der Waals surface area contributed by atoms with Gasteiger partial charge in [-0.2, -0.15) is 0 Å². The van der Waals surface area contributed by atoms with Crippen molar-refractivity contribution in [1.29, 1.82) is 0 Å². The molecule has 0 aliphatic heterocycles. The van der Waals surface area contributed by atoms with Crippen LogP contribution in [0.25, 0.3) is 11.1 Å². The van der Waals surface area contributed by atoms with E-state index in [0.29, 0.717) is 16.7 Å². The lowest BCUT2D eigenvalue weighted by Crippen LogP contribution is -2.71. The Morgan fingerprint density at radius 3 is 2.27 bits per heavy atom. The Morgan fingerprint density at radius 1 is 1.10 bits per heavy atom. The fourth-order valence-electron chi connectivity index (χ4n) is 7.08. The normalized spacial score (nSPS) is 29.2. The highest BCUT2D eigenvalue weighted by Gasteiger charge is 2.66. The quantitative estimate of drug-likeness (QED) is 0.278. The molecular formula is C30H36N4O7. The number of rotatable bonds is 5. The number of benzene rings is 2. The predicted octanol–water partition coefficient (Wildman–Crippen LogP) is 0.477. The fourth-order valence-corrected chi connectivity index (χ4v) is 7.08. The van der Waals surface area contributed by atoms with Gasteiger partial charge in [-0.05, 0) is 67.7 Å². The van der Waals surface area contributed by atoms with Gasteiger partial charge in [0.25, 0.3) is 0 Å². The molecule has 218 valence electrons. The average Bonchev–Trinajstić information content (AvgIpc) is 2.90. The molecule has 0 spiro atoms. The summed E-state index contributed by atoms with van der Waals surface area (Å²) in [5.74, 6) is -7.67. The van der Waals surface area contributed by atoms with Crippen LogP contribution in [0.3, 0.4) is 0 Å². The molecule has 0 radical (unpaired) electrons. The van der Waals surface area contributed by atoms with E-state index in [4.69, 9.17) is 11.5 Å². The number of ketones is 2. The topological polar surface area (TPSA) is 191 Å². The van der Waals surface area contributed by atoms with Crippen molar-refractivity contribution in [3.63, 3.8) is 0 Å². The highest BCUT2D eigenvalue weighted by Crippen LogP contribution is 2.53. The molecule has 3 aliphatic rings. The van der Waals surface area contributed by atoms with E-state index in [-0.39, 0.29) is 36.3 Å². The summed E-state index contributed by atoms with van der Waals surface area (Å²) >= 11 is 0. The third-order valence-electron chi connectivity index (χ3n) is 9.09. The molecule has 8 N–H and O–H groups in total. The molecule has 11 heteroatoms. The summed E-state index contributed by atoms with van der Waals surface area (Å²) in [5, 5.41) is 45.5. The monoisotopic (exact) mass is 564 g/mol. The van der Waals surface area contributed by atoms with Crippen LogP contribution in [0.4, 0.5) is 5.69 Å². The van der Waals surface area contributed by atoms with E-state index in [1.54, 1.807) is 25.1 Å². The van der Waals surface area contributed by atoms with Gasteiger partial charge in [0.05, 0.1) is 11.7 Å². The van der Waals surface area contributed by atoms with Crippen molar-refractivity contribution < 1.29 is 34.8 Å². The number of nitrogens with zero attached hydrogens (tertiary/aromatic N) is 2. The van der Waals surface area contributed by atoms with Gasteiger partial charge in [0.1, 0.15) is 17.4 Å². The number of carbonyl (C=O) groups excluding carboxylic acids is 3. The maximum Gasteiger partial charge on any atom is 0.230 e. The minimum Gasteiger partial charge on any atom is -0.508 e. The second-order valence-corrected chi connectivity index (χ2v) is 11.7. The molecule has 1 fully saturated rings. The zero-order valence-corrected chi connectivity index (χ0v) is 23.5. The van der Waals surface area contributed by atoms with Crippen molar-refractivity contribution in [1.82, 2.24) is 4.90 Å². The van der Waals surface area contributed by atoms with Gasteiger partial charge in [0, 0.05) is 49.4 Å². The molecule has 5 rings (SSSR count). The second-order valence-electron chi connectivity index (χ2n) is 11.7. The van der Waals surface area contributed by atoms with Crippen LogP contribution in [0.15, 0.2) is 41.7 Å². The molecule has 0 saturated heterocycles. The number of likely N-dealkylation sites (N-methyl/N-ethyl adjacent to an activating group) is 1. The Hall–Kier alpha value is -3.77. The van der Waals surface area contributed by atoms with Crippen LogP contribution < -0.4 is 16.4 Å². The minimum absolute atomic E-state index is 0.0432. The number of fused-ring (bicyclic) bond motifs is 3. The zero-order chi connectivity index (χ0) is 30.1. The van der Waals surface area contributed by atoms with E-state index in [1.165, 1.54) is 0 Å². The number of phenols is 1. The SMILES string of the molecule is CN(C)c1ccc(-c2cc(CN)c(O)c3c2C[C@H]2C[C@H]4[C@@H](N(C)C)C(O)C(C(N)=O)C(=O)[C@@]4(O)C(O)=C2C3=O)cc1. The number of aliphatic hydroxyl groups excluding tert-OH is 2. The van der Waals surface area contributed by atoms with Gasteiger partial charge in [-0.3, -0.25) is 14.4 Å². The van der Waals surface area contributed by atoms with Crippen LogP contribution in [-0.2, 0) is 22.6 Å². The molecule has 3 aliphatic carbocycles. The number of anilines is 1. The van der Waals surface area contributed by atoms with Crippen LogP contribution in [0.1, 0.15) is 27.9 Å². The number of amides is 1. The largest absolute Gasteiger partial charge is 0.508 e. The first-order chi connectivity index (χ1) is 19.2. The van der Waals surface area contributed by atoms with E-state index < -0.39 is 58.7 Å². The number of aromatic hydroxyl groups is 1. The van der Waals surface area contributed by atoms with Gasteiger partial charge < -0.3 is 41.7 Å². The summed E-state index contributed by atoms with van der Waals surface area (Å²) in [7, 11) is 7.10. The minimum atomic E-state index is -2.63. The number of hydrogen-bond acceptors (Lipinski definition) is 10. The van der Waals surface area contributed by atoms with Crippen molar-refractivity contribution >= 4 is 23.2 Å². The first-order valence-electron chi connectivity index (χ1n) is 13.5. The van der Waals surface area contributed by atoms with Crippen molar-refractivity contribution in [2.45, 2.75) is 37.1 Å². The molecule has 0 aromatic heterocycles. The van der Waals surface area contributed by atoms with Gasteiger partial charge in [-0.15, -0.1) is 0 Å². The van der Waals surface area contributed by atoms with Crippen LogP contribution in [0.5, 0.6) is 5.75 Å². The molecule has 2 aromatic carbocycles. The summed E-state index contributed by atoms with van der Waals surface area (Å²) in [5.41, 5.74) is 11.9. The van der Waals surface area contributed by atoms with Gasteiger partial charge in [-0.1, -0.05) is 12.1 Å². The number of phenolic OH excluding ortho intramolecular Hbond substituents is 1. The van der Waals surface area contributed by atoms with Crippen LogP contribution in [-0.4, -0.2) is 88.7 Å². The Morgan fingerprint density at radius 2 is 1.73 bits per heavy atom. The third kappa shape index (κ3) is 4.06. The van der Waals surface area contributed by atoms with E-state index >= 15 is 0 Å². The van der Waals surface area contributed by atoms with Crippen molar-refractivity contribution in [2.75, 3.05) is 33.1 Å². The van der Waals surface area contributed by atoms with E-state index in [1.807, 2.05) is 43.3 Å². The van der Waals surface area contributed by atoms with E-state index in [2.05, 4.69) is 0 Å². The highest BCUT2D eigenvalue weighted by atomic mass is 16.3. The van der Waals surface area contributed by atoms with E-state index in [0.717, 1.165) is 11.3 Å². The highest BCUT2D eigenvalue weighted by molar-refractivity contribution is 6.16. The maximum absolute atomic E-state index is 14.1. The molecule has 1 amide bonds. The van der Waals surface area contributed by atoms with E-state index in [9.17, 15) is 34.8 Å². The number of aliphatic hydroxyl groups is 3. The molecule has 0 heterocycles.